The molecule has 0 aliphatic heterocycles. The van der Waals surface area contributed by atoms with Gasteiger partial charge in [0.25, 0.3) is 5.91 Å². The molecule has 0 aliphatic rings. The fourth-order valence-electron chi connectivity index (χ4n) is 1.73. The summed E-state index contributed by atoms with van der Waals surface area (Å²) in [5, 5.41) is 11.9. The molecule has 0 aromatic heterocycles. The zero-order valence-corrected chi connectivity index (χ0v) is 12.6. The van der Waals surface area contributed by atoms with Crippen LogP contribution >= 0.6 is 0 Å². The molecule has 1 aromatic carbocycles. The van der Waals surface area contributed by atoms with Crippen LogP contribution in [-0.4, -0.2) is 26.7 Å². The predicted octanol–water partition coefficient (Wildman–Crippen LogP) is 2.53. The second-order valence-electron chi connectivity index (χ2n) is 4.39. The van der Waals surface area contributed by atoms with Crippen molar-refractivity contribution in [3.05, 3.63) is 29.3 Å². The highest BCUT2D eigenvalue weighted by atomic mass is 16.5. The van der Waals surface area contributed by atoms with Crippen LogP contribution in [0, 0.1) is 11.3 Å². The Balaban J connectivity index is 3.01. The van der Waals surface area contributed by atoms with E-state index in [1.54, 1.807) is 25.3 Å². The minimum atomic E-state index is -0.379. The maximum atomic E-state index is 11.9. The highest BCUT2D eigenvalue weighted by Crippen LogP contribution is 2.26. The molecule has 5 heteroatoms. The first-order valence-electron chi connectivity index (χ1n) is 6.78. The summed E-state index contributed by atoms with van der Waals surface area (Å²) in [5.41, 5.74) is 0.664. The molecule has 1 aromatic rings. The Morgan fingerprint density at radius 1 is 1.38 bits per heavy atom. The van der Waals surface area contributed by atoms with Gasteiger partial charge in [-0.3, -0.25) is 4.79 Å². The van der Waals surface area contributed by atoms with Gasteiger partial charge in [0, 0.05) is 12.1 Å². The largest absolute Gasteiger partial charge is 0.497 e. The summed E-state index contributed by atoms with van der Waals surface area (Å²) in [6, 6.07) is 7.12. The first-order valence-corrected chi connectivity index (χ1v) is 6.78. The van der Waals surface area contributed by atoms with Crippen LogP contribution in [0.5, 0.6) is 11.5 Å². The Bertz CT molecular complexity index is 559. The fraction of sp³-hybridized carbons (Fsp3) is 0.375. The third-order valence-corrected chi connectivity index (χ3v) is 2.92. The predicted molar refractivity (Wildman–Crippen MR) is 81.1 cm³/mol. The molecule has 0 fully saturated rings. The van der Waals surface area contributed by atoms with Crippen molar-refractivity contribution in [1.29, 1.82) is 5.26 Å². The van der Waals surface area contributed by atoms with Crippen LogP contribution in [0.2, 0.25) is 0 Å². The van der Waals surface area contributed by atoms with Crippen LogP contribution in [0.15, 0.2) is 23.8 Å². The zero-order valence-electron chi connectivity index (χ0n) is 12.6. The van der Waals surface area contributed by atoms with Gasteiger partial charge in [-0.2, -0.15) is 5.26 Å². The van der Waals surface area contributed by atoms with Crippen LogP contribution in [0.3, 0.4) is 0 Å². The van der Waals surface area contributed by atoms with Crippen LogP contribution in [0.1, 0.15) is 25.3 Å². The Morgan fingerprint density at radius 3 is 2.71 bits per heavy atom. The number of carbonyl (C=O) groups is 1. The molecule has 0 atom stereocenters. The smallest absolute Gasteiger partial charge is 0.261 e. The van der Waals surface area contributed by atoms with Crippen LogP contribution < -0.4 is 14.8 Å². The Morgan fingerprint density at radius 2 is 2.14 bits per heavy atom. The lowest BCUT2D eigenvalue weighted by Gasteiger charge is -2.08. The molecule has 1 rings (SSSR count). The summed E-state index contributed by atoms with van der Waals surface area (Å²) in [6.07, 6.45) is 3.37. The lowest BCUT2D eigenvalue weighted by molar-refractivity contribution is -0.117. The number of unbranched alkanes of at least 4 members (excludes halogenated alkanes) is 1. The van der Waals surface area contributed by atoms with Gasteiger partial charge in [0.1, 0.15) is 23.1 Å². The summed E-state index contributed by atoms with van der Waals surface area (Å²) >= 11 is 0. The average Bonchev–Trinajstić information content (AvgIpc) is 2.52. The lowest BCUT2D eigenvalue weighted by atomic mass is 10.1. The fourth-order valence-corrected chi connectivity index (χ4v) is 1.73. The van der Waals surface area contributed by atoms with Gasteiger partial charge in [0.15, 0.2) is 0 Å². The number of nitriles is 1. The summed E-state index contributed by atoms with van der Waals surface area (Å²) < 4.78 is 10.4. The van der Waals surface area contributed by atoms with E-state index in [0.717, 1.165) is 12.8 Å². The van der Waals surface area contributed by atoms with Crippen molar-refractivity contribution < 1.29 is 14.3 Å². The van der Waals surface area contributed by atoms with Gasteiger partial charge in [0.05, 0.1) is 14.2 Å². The minimum absolute atomic E-state index is 0.0395. The molecule has 0 saturated heterocycles. The van der Waals surface area contributed by atoms with E-state index in [-0.39, 0.29) is 11.5 Å². The molecule has 112 valence electrons. The van der Waals surface area contributed by atoms with Crippen molar-refractivity contribution in [3.8, 4) is 17.6 Å². The van der Waals surface area contributed by atoms with Gasteiger partial charge in [0.2, 0.25) is 0 Å². The van der Waals surface area contributed by atoms with Gasteiger partial charge in [-0.15, -0.1) is 0 Å². The molecule has 1 N–H and O–H groups in total. The zero-order chi connectivity index (χ0) is 15.7. The molecule has 0 saturated carbocycles. The number of nitrogens with zero attached hydrogens (tertiary/aromatic N) is 1. The highest BCUT2D eigenvalue weighted by Gasteiger charge is 2.10. The van der Waals surface area contributed by atoms with Crippen molar-refractivity contribution >= 4 is 12.0 Å². The van der Waals surface area contributed by atoms with E-state index in [9.17, 15) is 4.79 Å². The molecule has 1 amide bonds. The second kappa shape index (κ2) is 8.64. The van der Waals surface area contributed by atoms with Crippen molar-refractivity contribution in [2.75, 3.05) is 20.8 Å². The average molecular weight is 288 g/mol. The maximum Gasteiger partial charge on any atom is 0.261 e. The van der Waals surface area contributed by atoms with E-state index in [2.05, 4.69) is 5.32 Å². The van der Waals surface area contributed by atoms with Gasteiger partial charge >= 0.3 is 0 Å². The monoisotopic (exact) mass is 288 g/mol. The van der Waals surface area contributed by atoms with E-state index < -0.39 is 0 Å². The molecular weight excluding hydrogens is 268 g/mol. The Kier molecular flexibility index (Phi) is 6.82. The third kappa shape index (κ3) is 4.84. The van der Waals surface area contributed by atoms with Crippen LogP contribution in [-0.2, 0) is 4.79 Å². The number of methoxy groups -OCH3 is 2. The standard InChI is InChI=1S/C16H20N2O3/c1-4-5-8-18-16(19)13(11-17)9-12-10-14(20-2)6-7-15(12)21-3/h6-7,9-10H,4-5,8H2,1-3H3,(H,18,19)/b13-9-. The number of ether oxygens (including phenoxy) is 2. The molecule has 0 radical (unpaired) electrons. The molecule has 0 unspecified atom stereocenters. The number of nitrogens with one attached hydrogen (secondary N) is 1. The first kappa shape index (κ1) is 16.6. The summed E-state index contributed by atoms with van der Waals surface area (Å²) in [7, 11) is 3.09. The number of benzene rings is 1. The summed E-state index contributed by atoms with van der Waals surface area (Å²) in [4.78, 5) is 11.9. The van der Waals surface area contributed by atoms with Crippen molar-refractivity contribution in [3.63, 3.8) is 0 Å². The third-order valence-electron chi connectivity index (χ3n) is 2.92. The van der Waals surface area contributed by atoms with E-state index >= 15 is 0 Å². The van der Waals surface area contributed by atoms with Gasteiger partial charge in [-0.25, -0.2) is 0 Å². The second-order valence-corrected chi connectivity index (χ2v) is 4.39. The molecule has 0 heterocycles. The van der Waals surface area contributed by atoms with Crippen LogP contribution in [0.25, 0.3) is 6.08 Å². The maximum absolute atomic E-state index is 11.9. The Hall–Kier alpha value is -2.48. The van der Waals surface area contributed by atoms with E-state index in [1.165, 1.54) is 13.2 Å². The van der Waals surface area contributed by atoms with E-state index in [0.29, 0.717) is 23.6 Å². The lowest BCUT2D eigenvalue weighted by Crippen LogP contribution is -2.25. The molecule has 0 bridgehead atoms. The van der Waals surface area contributed by atoms with Gasteiger partial charge in [-0.1, -0.05) is 13.3 Å². The summed E-state index contributed by atoms with van der Waals surface area (Å²) in [5.74, 6) is 0.825. The summed E-state index contributed by atoms with van der Waals surface area (Å²) in [6.45, 7) is 2.60. The normalized spacial score (nSPS) is 10.7. The number of hydrogen-bond acceptors (Lipinski definition) is 4. The first-order chi connectivity index (χ1) is 10.2. The molecule has 5 nitrogen and oxygen atoms in total. The Labute approximate surface area is 125 Å². The number of rotatable bonds is 7. The molecule has 0 spiro atoms. The van der Waals surface area contributed by atoms with Crippen molar-refractivity contribution in [2.24, 2.45) is 0 Å². The van der Waals surface area contributed by atoms with Crippen LogP contribution in [0.4, 0.5) is 0 Å². The van der Waals surface area contributed by atoms with E-state index in [4.69, 9.17) is 14.7 Å². The molecule has 21 heavy (non-hydrogen) atoms. The van der Waals surface area contributed by atoms with Gasteiger partial charge in [-0.05, 0) is 30.7 Å². The van der Waals surface area contributed by atoms with Crippen molar-refractivity contribution in [2.45, 2.75) is 19.8 Å². The number of hydrogen-bond donors (Lipinski definition) is 1. The highest BCUT2D eigenvalue weighted by molar-refractivity contribution is 6.02. The topological polar surface area (TPSA) is 71.4 Å². The van der Waals surface area contributed by atoms with Crippen molar-refractivity contribution in [1.82, 2.24) is 5.32 Å². The quantitative estimate of drug-likeness (QED) is 0.475. The minimum Gasteiger partial charge on any atom is -0.497 e. The van der Waals surface area contributed by atoms with Gasteiger partial charge < -0.3 is 14.8 Å². The molecule has 0 aliphatic carbocycles. The number of amides is 1. The molecular formula is C16H20N2O3. The SMILES string of the molecule is CCCCNC(=O)/C(C#N)=C\c1cc(OC)ccc1OC. The van der Waals surface area contributed by atoms with E-state index in [1.807, 2.05) is 13.0 Å². The number of carbonyl (C=O) groups excluding carboxylic acids is 1.